The number of hydrogen-bond donors (Lipinski definition) is 1. The molecule has 0 saturated carbocycles. The topological polar surface area (TPSA) is 63.6 Å². The third kappa shape index (κ3) is 2.35. The van der Waals surface area contributed by atoms with Crippen LogP contribution in [0.4, 0.5) is 0 Å². The van der Waals surface area contributed by atoms with Crippen molar-refractivity contribution in [1.29, 1.82) is 0 Å². The van der Waals surface area contributed by atoms with E-state index in [0.29, 0.717) is 5.75 Å². The maximum atomic E-state index is 12.9. The van der Waals surface area contributed by atoms with E-state index in [2.05, 4.69) is 0 Å². The summed E-state index contributed by atoms with van der Waals surface area (Å²) in [6.45, 7) is 0. The highest BCUT2D eigenvalue weighted by Crippen LogP contribution is 2.42. The van der Waals surface area contributed by atoms with Gasteiger partial charge in [-0.2, -0.15) is 0 Å². The van der Waals surface area contributed by atoms with Crippen LogP contribution in [0, 0.1) is 0 Å². The molecule has 0 unspecified atom stereocenters. The number of phenolic OH excluding ortho intramolecular Hbond substituents is 1. The Labute approximate surface area is 130 Å². The van der Waals surface area contributed by atoms with Gasteiger partial charge in [0.2, 0.25) is 9.84 Å². The van der Waals surface area contributed by atoms with Crippen LogP contribution in [-0.2, 0) is 22.7 Å². The van der Waals surface area contributed by atoms with Gasteiger partial charge in [-0.3, -0.25) is 0 Å². The minimum absolute atomic E-state index is 0.0411. The van der Waals surface area contributed by atoms with E-state index < -0.39 is 9.84 Å². The molecule has 0 spiro atoms. The molecule has 0 amide bonds. The standard InChI is InChI=1S/C17H18O4S/c1-21-17-14-10-6-5-9-13(14)15(18)11-16(17)22(19,20)12-7-3-2-4-8-12/h2-4,7-8,11,18H,5-6,9-10H2,1H3. The molecule has 22 heavy (non-hydrogen) atoms. The van der Waals surface area contributed by atoms with Crippen molar-refractivity contribution in [2.45, 2.75) is 35.5 Å². The normalized spacial score (nSPS) is 14.4. The monoisotopic (exact) mass is 318 g/mol. The van der Waals surface area contributed by atoms with Gasteiger partial charge < -0.3 is 9.84 Å². The highest BCUT2D eigenvalue weighted by atomic mass is 32.2. The number of ether oxygens (including phenoxy) is 1. The molecular formula is C17H18O4S. The first-order valence-corrected chi connectivity index (χ1v) is 8.76. The molecule has 0 fully saturated rings. The Kier molecular flexibility index (Phi) is 3.83. The first kappa shape index (κ1) is 14.9. The molecule has 1 N–H and O–H groups in total. The van der Waals surface area contributed by atoms with Crippen LogP contribution in [0.15, 0.2) is 46.2 Å². The number of methoxy groups -OCH3 is 1. The molecule has 0 heterocycles. The summed E-state index contributed by atoms with van der Waals surface area (Å²) in [5.41, 5.74) is 1.64. The zero-order valence-electron chi connectivity index (χ0n) is 12.4. The molecule has 2 aromatic carbocycles. The second-order valence-electron chi connectivity index (χ2n) is 5.41. The smallest absolute Gasteiger partial charge is 0.210 e. The average molecular weight is 318 g/mol. The Hall–Kier alpha value is -2.01. The number of aromatic hydroxyl groups is 1. The van der Waals surface area contributed by atoms with Gasteiger partial charge in [-0.15, -0.1) is 0 Å². The van der Waals surface area contributed by atoms with Crippen molar-refractivity contribution in [3.63, 3.8) is 0 Å². The summed E-state index contributed by atoms with van der Waals surface area (Å²) < 4.78 is 31.1. The molecule has 1 aliphatic rings. The minimum atomic E-state index is -3.72. The molecule has 1 aliphatic carbocycles. The van der Waals surface area contributed by atoms with Gasteiger partial charge in [0.1, 0.15) is 16.4 Å². The summed E-state index contributed by atoms with van der Waals surface area (Å²) >= 11 is 0. The lowest BCUT2D eigenvalue weighted by Gasteiger charge is -2.22. The molecule has 0 aromatic heterocycles. The first-order chi connectivity index (χ1) is 10.6. The summed E-state index contributed by atoms with van der Waals surface area (Å²) in [5.74, 6) is 0.418. The Balaban J connectivity index is 2.26. The fourth-order valence-electron chi connectivity index (χ4n) is 3.01. The summed E-state index contributed by atoms with van der Waals surface area (Å²) in [6, 6.07) is 9.54. The predicted octanol–water partition coefficient (Wildman–Crippen LogP) is 3.11. The van der Waals surface area contributed by atoms with Crippen molar-refractivity contribution in [1.82, 2.24) is 0 Å². The van der Waals surface area contributed by atoms with Crippen molar-refractivity contribution >= 4 is 9.84 Å². The minimum Gasteiger partial charge on any atom is -0.508 e. The third-order valence-corrected chi connectivity index (χ3v) is 5.86. The summed E-state index contributed by atoms with van der Waals surface area (Å²) in [4.78, 5) is 0.239. The third-order valence-electron chi connectivity index (χ3n) is 4.09. The quantitative estimate of drug-likeness (QED) is 0.944. The SMILES string of the molecule is COc1c(S(=O)(=O)c2ccccc2)cc(O)c2c1CCCC2. The summed E-state index contributed by atoms with van der Waals surface area (Å²) in [5, 5.41) is 10.2. The Morgan fingerprint density at radius 1 is 1.05 bits per heavy atom. The largest absolute Gasteiger partial charge is 0.508 e. The van der Waals surface area contributed by atoms with Gasteiger partial charge in [0.15, 0.2) is 0 Å². The van der Waals surface area contributed by atoms with Crippen molar-refractivity contribution < 1.29 is 18.3 Å². The zero-order chi connectivity index (χ0) is 15.7. The second kappa shape index (κ2) is 5.65. The summed E-state index contributed by atoms with van der Waals surface area (Å²) in [6.07, 6.45) is 3.44. The van der Waals surface area contributed by atoms with Crippen molar-refractivity contribution in [2.75, 3.05) is 7.11 Å². The molecule has 0 saturated heterocycles. The van der Waals surface area contributed by atoms with E-state index in [4.69, 9.17) is 4.74 Å². The number of rotatable bonds is 3. The van der Waals surface area contributed by atoms with Gasteiger partial charge in [-0.05, 0) is 37.8 Å². The van der Waals surface area contributed by atoms with Crippen molar-refractivity contribution in [2.24, 2.45) is 0 Å². The van der Waals surface area contributed by atoms with Crippen LogP contribution in [-0.4, -0.2) is 20.6 Å². The lowest BCUT2D eigenvalue weighted by atomic mass is 9.90. The zero-order valence-corrected chi connectivity index (χ0v) is 13.2. The van der Waals surface area contributed by atoms with E-state index in [1.54, 1.807) is 30.3 Å². The molecule has 0 atom stereocenters. The molecule has 0 aliphatic heterocycles. The van der Waals surface area contributed by atoms with E-state index in [0.717, 1.165) is 36.8 Å². The lowest BCUT2D eigenvalue weighted by molar-refractivity contribution is 0.387. The maximum Gasteiger partial charge on any atom is 0.210 e. The molecular weight excluding hydrogens is 300 g/mol. The van der Waals surface area contributed by atoms with Crippen LogP contribution in [0.25, 0.3) is 0 Å². The van der Waals surface area contributed by atoms with E-state index in [1.165, 1.54) is 13.2 Å². The summed E-state index contributed by atoms with van der Waals surface area (Å²) in [7, 11) is -2.25. The maximum absolute atomic E-state index is 12.9. The number of benzene rings is 2. The molecule has 116 valence electrons. The van der Waals surface area contributed by atoms with Crippen LogP contribution in [0.1, 0.15) is 24.0 Å². The Morgan fingerprint density at radius 2 is 1.68 bits per heavy atom. The number of hydrogen-bond acceptors (Lipinski definition) is 4. The van der Waals surface area contributed by atoms with Crippen LogP contribution in [0.3, 0.4) is 0 Å². The predicted molar refractivity (Wildman–Crippen MR) is 83.2 cm³/mol. The lowest BCUT2D eigenvalue weighted by Crippen LogP contribution is -2.11. The van der Waals surface area contributed by atoms with Crippen LogP contribution in [0.2, 0.25) is 0 Å². The second-order valence-corrected chi connectivity index (χ2v) is 7.33. The molecule has 3 rings (SSSR count). The van der Waals surface area contributed by atoms with Crippen LogP contribution < -0.4 is 4.74 Å². The van der Waals surface area contributed by atoms with Crippen LogP contribution >= 0.6 is 0 Å². The van der Waals surface area contributed by atoms with Gasteiger partial charge in [-0.25, -0.2) is 8.42 Å². The van der Waals surface area contributed by atoms with Gasteiger partial charge >= 0.3 is 0 Å². The fraction of sp³-hybridized carbons (Fsp3) is 0.294. The number of sulfone groups is 1. The van der Waals surface area contributed by atoms with Crippen LogP contribution in [0.5, 0.6) is 11.5 Å². The van der Waals surface area contributed by atoms with E-state index in [1.807, 2.05) is 0 Å². The van der Waals surface area contributed by atoms with Gasteiger partial charge in [0, 0.05) is 17.2 Å². The number of phenols is 1. The highest BCUT2D eigenvalue weighted by molar-refractivity contribution is 7.91. The average Bonchev–Trinajstić information content (AvgIpc) is 2.55. The van der Waals surface area contributed by atoms with Gasteiger partial charge in [0.05, 0.1) is 12.0 Å². The molecule has 0 radical (unpaired) electrons. The molecule has 0 bridgehead atoms. The fourth-order valence-corrected chi connectivity index (χ4v) is 4.50. The van der Waals surface area contributed by atoms with Crippen molar-refractivity contribution in [3.05, 3.63) is 47.5 Å². The molecule has 4 nitrogen and oxygen atoms in total. The Bertz CT molecular complexity index is 795. The molecule has 2 aromatic rings. The first-order valence-electron chi connectivity index (χ1n) is 7.27. The Morgan fingerprint density at radius 3 is 2.32 bits per heavy atom. The van der Waals surface area contributed by atoms with E-state index >= 15 is 0 Å². The van der Waals surface area contributed by atoms with E-state index in [-0.39, 0.29) is 15.5 Å². The van der Waals surface area contributed by atoms with Crippen molar-refractivity contribution in [3.8, 4) is 11.5 Å². The van der Waals surface area contributed by atoms with Gasteiger partial charge in [0.25, 0.3) is 0 Å². The van der Waals surface area contributed by atoms with E-state index in [9.17, 15) is 13.5 Å². The van der Waals surface area contributed by atoms with Gasteiger partial charge in [-0.1, -0.05) is 18.2 Å². The highest BCUT2D eigenvalue weighted by Gasteiger charge is 2.28. The number of fused-ring (bicyclic) bond motifs is 1. The molecule has 5 heteroatoms.